The van der Waals surface area contributed by atoms with Crippen LogP contribution in [0.2, 0.25) is 0 Å². The second kappa shape index (κ2) is 5.86. The molecular weight excluding hydrogens is 290 g/mol. The number of carbonyl (C=O) groups excluding carboxylic acids is 1. The number of nitrogens with zero attached hydrogens (tertiary/aromatic N) is 4. The minimum Gasteiger partial charge on any atom is -0.339 e. The number of nitriles is 3. The van der Waals surface area contributed by atoms with Gasteiger partial charge in [0.2, 0.25) is 5.91 Å². The van der Waals surface area contributed by atoms with Crippen molar-refractivity contribution in [2.45, 2.75) is 20.8 Å². The number of nitrogens with one attached hydrogen (secondary N) is 1. The summed E-state index contributed by atoms with van der Waals surface area (Å²) in [7, 11) is 0. The van der Waals surface area contributed by atoms with Crippen LogP contribution >= 0.6 is 0 Å². The van der Waals surface area contributed by atoms with E-state index in [2.05, 4.69) is 6.07 Å². The molecule has 2 aliphatic rings. The van der Waals surface area contributed by atoms with Crippen LogP contribution in [-0.2, 0) is 4.79 Å². The SMILES string of the molecule is CC(=O)N1CC=C2[C@@H](C#N)C(=N)C(C#N)(C#N)[C@H](C(C)C)[C@H]2C1. The summed E-state index contributed by atoms with van der Waals surface area (Å²) in [6.45, 7) is 6.11. The van der Waals surface area contributed by atoms with Gasteiger partial charge in [0.25, 0.3) is 0 Å². The highest BCUT2D eigenvalue weighted by Gasteiger charge is 2.58. The van der Waals surface area contributed by atoms with E-state index in [0.29, 0.717) is 13.1 Å². The van der Waals surface area contributed by atoms with E-state index in [-0.39, 0.29) is 23.5 Å². The average molecular weight is 309 g/mol. The first-order chi connectivity index (χ1) is 10.8. The molecule has 6 nitrogen and oxygen atoms in total. The van der Waals surface area contributed by atoms with Gasteiger partial charge in [-0.2, -0.15) is 15.8 Å². The molecule has 0 radical (unpaired) electrons. The molecule has 0 unspecified atom stereocenters. The van der Waals surface area contributed by atoms with Crippen LogP contribution in [-0.4, -0.2) is 29.6 Å². The van der Waals surface area contributed by atoms with Crippen LogP contribution in [0.4, 0.5) is 0 Å². The zero-order valence-corrected chi connectivity index (χ0v) is 13.5. The fourth-order valence-electron chi connectivity index (χ4n) is 3.97. The molecule has 0 aromatic rings. The van der Waals surface area contributed by atoms with Crippen molar-refractivity contribution >= 4 is 11.6 Å². The maximum atomic E-state index is 11.7. The molecule has 118 valence electrons. The van der Waals surface area contributed by atoms with Crippen molar-refractivity contribution in [1.29, 1.82) is 21.2 Å². The van der Waals surface area contributed by atoms with E-state index in [1.165, 1.54) is 6.92 Å². The van der Waals surface area contributed by atoms with Gasteiger partial charge >= 0.3 is 0 Å². The minimum absolute atomic E-state index is 0.0328. The molecule has 1 fully saturated rings. The minimum atomic E-state index is -1.61. The summed E-state index contributed by atoms with van der Waals surface area (Å²) in [5.41, 5.74) is -0.951. The second-order valence-corrected chi connectivity index (χ2v) is 6.51. The maximum absolute atomic E-state index is 11.7. The Balaban J connectivity index is 2.65. The Morgan fingerprint density at radius 3 is 2.43 bits per heavy atom. The third-order valence-corrected chi connectivity index (χ3v) is 5.02. The standard InChI is InChI=1S/C17H19N5O/c1-10(2)15-14-7-22(11(3)23)5-4-12(14)13(6-18)16(21)17(15,8-19)9-20/h4,10,13-15,21H,5,7H2,1-3H3/t13-,14+,15-/m1/s1. The maximum Gasteiger partial charge on any atom is 0.219 e. The lowest BCUT2D eigenvalue weighted by molar-refractivity contribution is -0.129. The van der Waals surface area contributed by atoms with E-state index in [0.717, 1.165) is 5.57 Å². The van der Waals surface area contributed by atoms with Crippen LogP contribution < -0.4 is 0 Å². The highest BCUT2D eigenvalue weighted by molar-refractivity contribution is 6.00. The van der Waals surface area contributed by atoms with Gasteiger partial charge in [-0.3, -0.25) is 4.79 Å². The van der Waals surface area contributed by atoms with E-state index in [9.17, 15) is 20.6 Å². The van der Waals surface area contributed by atoms with Crippen molar-refractivity contribution in [2.24, 2.45) is 29.1 Å². The first kappa shape index (κ1) is 16.7. The third kappa shape index (κ3) is 2.30. The van der Waals surface area contributed by atoms with Crippen molar-refractivity contribution < 1.29 is 4.79 Å². The van der Waals surface area contributed by atoms with Gasteiger partial charge in [-0.25, -0.2) is 0 Å². The molecular formula is C17H19N5O. The molecule has 1 amide bonds. The number of hydrogen-bond acceptors (Lipinski definition) is 5. The summed E-state index contributed by atoms with van der Waals surface area (Å²) in [4.78, 5) is 13.4. The fourth-order valence-corrected chi connectivity index (χ4v) is 3.97. The molecule has 0 bridgehead atoms. The molecule has 1 saturated carbocycles. The molecule has 1 heterocycles. The molecule has 0 aromatic carbocycles. The van der Waals surface area contributed by atoms with Crippen LogP contribution in [0, 0.1) is 68.5 Å². The lowest BCUT2D eigenvalue weighted by atomic mass is 9.53. The summed E-state index contributed by atoms with van der Waals surface area (Å²) >= 11 is 0. The number of rotatable bonds is 1. The number of hydrogen-bond donors (Lipinski definition) is 1. The van der Waals surface area contributed by atoms with E-state index in [1.54, 1.807) is 4.90 Å². The number of fused-ring (bicyclic) bond motifs is 1. The Labute approximate surface area is 136 Å². The summed E-state index contributed by atoms with van der Waals surface area (Å²) in [6, 6.07) is 6.13. The van der Waals surface area contributed by atoms with Crippen molar-refractivity contribution in [3.05, 3.63) is 11.6 Å². The van der Waals surface area contributed by atoms with Crippen molar-refractivity contribution in [1.82, 2.24) is 4.90 Å². The van der Waals surface area contributed by atoms with Crippen molar-refractivity contribution in [3.63, 3.8) is 0 Å². The quantitative estimate of drug-likeness (QED) is 0.744. The monoisotopic (exact) mass is 309 g/mol. The Hall–Kier alpha value is -2.65. The number of carbonyl (C=O) groups is 1. The Morgan fingerprint density at radius 1 is 1.39 bits per heavy atom. The number of amides is 1. The topological polar surface area (TPSA) is 116 Å². The van der Waals surface area contributed by atoms with Crippen LogP contribution in [0.15, 0.2) is 11.6 Å². The molecule has 2 rings (SSSR count). The van der Waals surface area contributed by atoms with Crippen LogP contribution in [0.25, 0.3) is 0 Å². The second-order valence-electron chi connectivity index (χ2n) is 6.51. The van der Waals surface area contributed by atoms with Gasteiger partial charge in [-0.1, -0.05) is 19.9 Å². The normalized spacial score (nSPS) is 28.9. The van der Waals surface area contributed by atoms with Crippen molar-refractivity contribution in [3.8, 4) is 18.2 Å². The highest BCUT2D eigenvalue weighted by Crippen LogP contribution is 2.51. The summed E-state index contributed by atoms with van der Waals surface area (Å²) < 4.78 is 0. The summed E-state index contributed by atoms with van der Waals surface area (Å²) in [6.07, 6.45) is 1.83. The summed E-state index contributed by atoms with van der Waals surface area (Å²) in [5, 5.41) is 37.2. The molecule has 1 aliphatic carbocycles. The fraction of sp³-hybridized carbons (Fsp3) is 0.588. The Bertz CT molecular complexity index is 686. The Morgan fingerprint density at radius 2 is 2.00 bits per heavy atom. The lowest BCUT2D eigenvalue weighted by Gasteiger charge is -2.49. The van der Waals surface area contributed by atoms with Gasteiger partial charge in [0, 0.05) is 31.8 Å². The van der Waals surface area contributed by atoms with Crippen LogP contribution in [0.5, 0.6) is 0 Å². The molecule has 23 heavy (non-hydrogen) atoms. The molecule has 0 saturated heterocycles. The van der Waals surface area contributed by atoms with Gasteiger partial charge in [-0.15, -0.1) is 0 Å². The molecule has 0 spiro atoms. The predicted octanol–water partition coefficient (Wildman–Crippen LogP) is 1.87. The molecule has 1 N–H and O–H groups in total. The molecule has 0 aromatic heterocycles. The van der Waals surface area contributed by atoms with E-state index in [1.807, 2.05) is 32.1 Å². The van der Waals surface area contributed by atoms with Gasteiger partial charge < -0.3 is 10.3 Å². The average Bonchev–Trinajstić information content (AvgIpc) is 2.53. The molecule has 1 aliphatic heterocycles. The molecule has 3 atom stereocenters. The zero-order valence-electron chi connectivity index (χ0n) is 13.5. The first-order valence-electron chi connectivity index (χ1n) is 7.60. The summed E-state index contributed by atoms with van der Waals surface area (Å²) in [5.74, 6) is -1.62. The largest absolute Gasteiger partial charge is 0.339 e. The Kier molecular flexibility index (Phi) is 4.26. The van der Waals surface area contributed by atoms with E-state index >= 15 is 0 Å². The van der Waals surface area contributed by atoms with Crippen LogP contribution in [0.3, 0.4) is 0 Å². The van der Waals surface area contributed by atoms with Gasteiger partial charge in [0.1, 0.15) is 5.92 Å². The van der Waals surface area contributed by atoms with Gasteiger partial charge in [0.05, 0.1) is 23.9 Å². The first-order valence-corrected chi connectivity index (χ1v) is 7.60. The lowest BCUT2D eigenvalue weighted by Crippen LogP contribution is -2.56. The van der Waals surface area contributed by atoms with Gasteiger partial charge in [-0.05, 0) is 11.5 Å². The van der Waals surface area contributed by atoms with E-state index in [4.69, 9.17) is 5.41 Å². The zero-order chi connectivity index (χ0) is 17.4. The highest BCUT2D eigenvalue weighted by atomic mass is 16.2. The molecule has 6 heteroatoms. The van der Waals surface area contributed by atoms with E-state index < -0.39 is 17.3 Å². The predicted molar refractivity (Wildman–Crippen MR) is 82.6 cm³/mol. The third-order valence-electron chi connectivity index (χ3n) is 5.02. The smallest absolute Gasteiger partial charge is 0.219 e. The van der Waals surface area contributed by atoms with Gasteiger partial charge in [0.15, 0.2) is 5.41 Å². The van der Waals surface area contributed by atoms with Crippen molar-refractivity contribution in [2.75, 3.05) is 13.1 Å². The van der Waals surface area contributed by atoms with Crippen LogP contribution in [0.1, 0.15) is 20.8 Å².